The maximum absolute atomic E-state index is 13.7. The Balaban J connectivity index is 1.35. The van der Waals surface area contributed by atoms with Crippen LogP contribution in [0.4, 0.5) is 5.69 Å². The highest BCUT2D eigenvalue weighted by Crippen LogP contribution is 2.32. The maximum Gasteiger partial charge on any atom is 0.269 e. The summed E-state index contributed by atoms with van der Waals surface area (Å²) in [5.74, 6) is -0.406. The standard InChI is InChI=1S/C27H29N5O5/c1-17-16-30(12-13-31(17)26(34)19-6-7-19)27(35)24(14-20-15-28-23-5-3-2-4-22(20)23)29-25(33)18-8-10-21(11-9-18)32(36)37/h2-5,8-11,15,17,19,24,28H,6-7,12-14,16H2,1H3,(H,29,33)/t17-,24-/m0/s1. The van der Waals surface area contributed by atoms with E-state index >= 15 is 0 Å². The molecule has 1 aliphatic carbocycles. The van der Waals surface area contributed by atoms with E-state index in [1.54, 1.807) is 4.90 Å². The molecule has 10 heteroatoms. The van der Waals surface area contributed by atoms with E-state index in [1.807, 2.05) is 42.3 Å². The number of carbonyl (C=O) groups is 3. The molecule has 2 N–H and O–H groups in total. The van der Waals surface area contributed by atoms with Crippen LogP contribution in [0.5, 0.6) is 0 Å². The smallest absolute Gasteiger partial charge is 0.269 e. The first-order valence-electron chi connectivity index (χ1n) is 12.5. The van der Waals surface area contributed by atoms with Gasteiger partial charge >= 0.3 is 0 Å². The molecule has 2 fully saturated rings. The lowest BCUT2D eigenvalue weighted by molar-refractivity contribution is -0.384. The zero-order valence-corrected chi connectivity index (χ0v) is 20.6. The monoisotopic (exact) mass is 503 g/mol. The predicted octanol–water partition coefficient (Wildman–Crippen LogP) is 2.89. The number of piperazine rings is 1. The highest BCUT2D eigenvalue weighted by Gasteiger charge is 2.39. The molecule has 37 heavy (non-hydrogen) atoms. The number of hydrogen-bond donors (Lipinski definition) is 2. The molecule has 3 amide bonds. The lowest BCUT2D eigenvalue weighted by Crippen LogP contribution is -2.59. The summed E-state index contributed by atoms with van der Waals surface area (Å²) < 4.78 is 0. The number of fused-ring (bicyclic) bond motifs is 1. The van der Waals surface area contributed by atoms with Crippen LogP contribution in [0.1, 0.15) is 35.7 Å². The summed E-state index contributed by atoms with van der Waals surface area (Å²) in [6.45, 7) is 3.22. The van der Waals surface area contributed by atoms with Crippen LogP contribution in [-0.2, 0) is 16.0 Å². The molecular weight excluding hydrogens is 474 g/mol. The summed E-state index contributed by atoms with van der Waals surface area (Å²) in [7, 11) is 0. The van der Waals surface area contributed by atoms with Crippen LogP contribution in [0, 0.1) is 16.0 Å². The van der Waals surface area contributed by atoms with Gasteiger partial charge in [-0.2, -0.15) is 0 Å². The molecule has 0 bridgehead atoms. The fraction of sp³-hybridized carbons (Fsp3) is 0.370. The fourth-order valence-electron chi connectivity index (χ4n) is 4.97. The van der Waals surface area contributed by atoms with Crippen molar-refractivity contribution >= 4 is 34.3 Å². The Labute approximate surface area is 213 Å². The minimum Gasteiger partial charge on any atom is -0.361 e. The SMILES string of the molecule is C[C@H]1CN(C(=O)[C@H](Cc2c[nH]c3ccccc23)NC(=O)c2ccc([N+](=O)[O-])cc2)CCN1C(=O)C1CC1. The van der Waals surface area contributed by atoms with Gasteiger partial charge in [0.1, 0.15) is 6.04 Å². The normalized spacial score (nSPS) is 18.5. The third kappa shape index (κ3) is 5.18. The molecule has 1 aliphatic heterocycles. The van der Waals surface area contributed by atoms with Crippen molar-refractivity contribution in [3.8, 4) is 0 Å². The third-order valence-electron chi connectivity index (χ3n) is 7.19. The van der Waals surface area contributed by atoms with Gasteiger partial charge in [0, 0.05) is 72.8 Å². The Kier molecular flexibility index (Phi) is 6.64. The highest BCUT2D eigenvalue weighted by molar-refractivity contribution is 5.98. The average Bonchev–Trinajstić information content (AvgIpc) is 3.68. The van der Waals surface area contributed by atoms with Crippen molar-refractivity contribution in [2.75, 3.05) is 19.6 Å². The molecule has 0 unspecified atom stereocenters. The van der Waals surface area contributed by atoms with Crippen molar-refractivity contribution in [3.05, 3.63) is 76.0 Å². The molecule has 3 aromatic rings. The fourth-order valence-corrected chi connectivity index (χ4v) is 4.97. The van der Waals surface area contributed by atoms with Gasteiger partial charge < -0.3 is 20.1 Å². The number of para-hydroxylation sites is 1. The number of hydrogen-bond acceptors (Lipinski definition) is 5. The van der Waals surface area contributed by atoms with Crippen molar-refractivity contribution in [3.63, 3.8) is 0 Å². The molecule has 192 valence electrons. The summed E-state index contributed by atoms with van der Waals surface area (Å²) in [5.41, 5.74) is 1.95. The van der Waals surface area contributed by atoms with E-state index < -0.39 is 16.9 Å². The Morgan fingerprint density at radius 3 is 2.51 bits per heavy atom. The van der Waals surface area contributed by atoms with Crippen LogP contribution < -0.4 is 5.32 Å². The van der Waals surface area contributed by atoms with Crippen LogP contribution in [0.2, 0.25) is 0 Å². The van der Waals surface area contributed by atoms with Crippen LogP contribution in [0.3, 0.4) is 0 Å². The van der Waals surface area contributed by atoms with Crippen molar-refractivity contribution < 1.29 is 19.3 Å². The van der Waals surface area contributed by atoms with Gasteiger partial charge in [-0.15, -0.1) is 0 Å². The number of nitro benzene ring substituents is 1. The molecule has 1 saturated heterocycles. The van der Waals surface area contributed by atoms with E-state index in [0.29, 0.717) is 19.6 Å². The molecule has 0 spiro atoms. The van der Waals surface area contributed by atoms with Crippen LogP contribution >= 0.6 is 0 Å². The van der Waals surface area contributed by atoms with E-state index in [-0.39, 0.29) is 41.4 Å². The molecular formula is C27H29N5O5. The highest BCUT2D eigenvalue weighted by atomic mass is 16.6. The van der Waals surface area contributed by atoms with Crippen molar-refractivity contribution in [2.45, 2.75) is 38.3 Å². The molecule has 2 atom stereocenters. The molecule has 10 nitrogen and oxygen atoms in total. The first-order valence-corrected chi connectivity index (χ1v) is 12.5. The predicted molar refractivity (Wildman–Crippen MR) is 137 cm³/mol. The van der Waals surface area contributed by atoms with Gasteiger partial charge in [0.05, 0.1) is 4.92 Å². The number of H-pyrrole nitrogens is 1. The van der Waals surface area contributed by atoms with Crippen molar-refractivity contribution in [2.24, 2.45) is 5.92 Å². The Bertz CT molecular complexity index is 1350. The number of non-ortho nitro benzene ring substituents is 1. The zero-order valence-electron chi connectivity index (χ0n) is 20.6. The molecule has 2 aromatic carbocycles. The van der Waals surface area contributed by atoms with Crippen LogP contribution in [0.15, 0.2) is 54.7 Å². The summed E-state index contributed by atoms with van der Waals surface area (Å²) in [6.07, 6.45) is 3.99. The second-order valence-corrected chi connectivity index (χ2v) is 9.83. The summed E-state index contributed by atoms with van der Waals surface area (Å²) in [6, 6.07) is 12.1. The topological polar surface area (TPSA) is 129 Å². The molecule has 1 saturated carbocycles. The van der Waals surface area contributed by atoms with E-state index in [0.717, 1.165) is 29.3 Å². The summed E-state index contributed by atoms with van der Waals surface area (Å²) in [5, 5.41) is 14.8. The van der Waals surface area contributed by atoms with Gasteiger partial charge in [-0.1, -0.05) is 18.2 Å². The Morgan fingerprint density at radius 2 is 1.84 bits per heavy atom. The van der Waals surface area contributed by atoms with Gasteiger partial charge in [-0.05, 0) is 43.5 Å². The molecule has 2 heterocycles. The van der Waals surface area contributed by atoms with E-state index in [4.69, 9.17) is 0 Å². The molecule has 0 radical (unpaired) electrons. The number of nitrogens with one attached hydrogen (secondary N) is 2. The van der Waals surface area contributed by atoms with Crippen molar-refractivity contribution in [1.82, 2.24) is 20.1 Å². The molecule has 2 aliphatic rings. The molecule has 5 rings (SSSR count). The van der Waals surface area contributed by atoms with Gasteiger partial charge in [0.15, 0.2) is 0 Å². The zero-order chi connectivity index (χ0) is 26.1. The van der Waals surface area contributed by atoms with Crippen molar-refractivity contribution in [1.29, 1.82) is 0 Å². The second kappa shape index (κ2) is 10.0. The number of benzene rings is 2. The van der Waals surface area contributed by atoms with Gasteiger partial charge in [-0.3, -0.25) is 24.5 Å². The lowest BCUT2D eigenvalue weighted by Gasteiger charge is -2.41. The minimum atomic E-state index is -0.847. The number of aromatic amines is 1. The van der Waals surface area contributed by atoms with Gasteiger partial charge in [0.2, 0.25) is 11.8 Å². The number of nitrogens with zero attached hydrogens (tertiary/aromatic N) is 3. The largest absolute Gasteiger partial charge is 0.361 e. The van der Waals surface area contributed by atoms with Gasteiger partial charge in [0.25, 0.3) is 11.6 Å². The quantitative estimate of drug-likeness (QED) is 0.378. The summed E-state index contributed by atoms with van der Waals surface area (Å²) >= 11 is 0. The summed E-state index contributed by atoms with van der Waals surface area (Å²) in [4.78, 5) is 56.7. The van der Waals surface area contributed by atoms with Crippen LogP contribution in [0.25, 0.3) is 10.9 Å². The second-order valence-electron chi connectivity index (χ2n) is 9.83. The van der Waals surface area contributed by atoms with E-state index in [2.05, 4.69) is 10.3 Å². The Hall–Kier alpha value is -4.21. The lowest BCUT2D eigenvalue weighted by atomic mass is 10.0. The number of amides is 3. The third-order valence-corrected chi connectivity index (χ3v) is 7.19. The number of rotatable bonds is 7. The van der Waals surface area contributed by atoms with E-state index in [1.165, 1.54) is 24.3 Å². The minimum absolute atomic E-state index is 0.107. The average molecular weight is 504 g/mol. The van der Waals surface area contributed by atoms with Crippen LogP contribution in [-0.4, -0.2) is 69.1 Å². The Morgan fingerprint density at radius 1 is 1.11 bits per heavy atom. The number of aromatic nitrogens is 1. The first-order chi connectivity index (χ1) is 17.8. The maximum atomic E-state index is 13.7. The number of carbonyl (C=O) groups excluding carboxylic acids is 3. The van der Waals surface area contributed by atoms with Gasteiger partial charge in [-0.25, -0.2) is 0 Å². The first kappa shape index (κ1) is 24.5. The van der Waals surface area contributed by atoms with E-state index in [9.17, 15) is 24.5 Å². The molecule has 1 aromatic heterocycles. The number of nitro groups is 1.